The van der Waals surface area contributed by atoms with Gasteiger partial charge in [-0.3, -0.25) is 14.5 Å². The summed E-state index contributed by atoms with van der Waals surface area (Å²) in [7, 11) is 0. The number of aliphatic carboxylic acids is 1. The van der Waals surface area contributed by atoms with Crippen LogP contribution < -0.4 is 5.73 Å². The van der Waals surface area contributed by atoms with E-state index in [0.29, 0.717) is 36.7 Å². The summed E-state index contributed by atoms with van der Waals surface area (Å²) in [6, 6.07) is 18.8. The Morgan fingerprint density at radius 1 is 1.00 bits per heavy atom. The van der Waals surface area contributed by atoms with E-state index in [4.69, 9.17) is 15.6 Å². The maximum atomic E-state index is 13.3. The van der Waals surface area contributed by atoms with E-state index < -0.39 is 17.6 Å². The van der Waals surface area contributed by atoms with Crippen LogP contribution in [0.3, 0.4) is 0 Å². The van der Waals surface area contributed by atoms with Crippen LogP contribution in [0.2, 0.25) is 0 Å². The molecule has 11 heteroatoms. The molecular formula is C30H38F3N3O5. The molecule has 2 fully saturated rings. The highest BCUT2D eigenvalue weighted by Gasteiger charge is 2.41. The van der Waals surface area contributed by atoms with Gasteiger partial charge in [0.15, 0.2) is 0 Å². The number of alkyl halides is 3. The molecule has 2 unspecified atom stereocenters. The molecule has 224 valence electrons. The lowest BCUT2D eigenvalue weighted by Crippen LogP contribution is -2.49. The fraction of sp³-hybridized carbons (Fsp3) is 0.500. The fourth-order valence-electron chi connectivity index (χ4n) is 5.65. The minimum absolute atomic E-state index is 0.00986. The third-order valence-electron chi connectivity index (χ3n) is 7.88. The van der Waals surface area contributed by atoms with Gasteiger partial charge in [-0.05, 0) is 68.7 Å². The molecule has 2 aromatic carbocycles. The van der Waals surface area contributed by atoms with Crippen LogP contribution in [-0.4, -0.2) is 75.8 Å². The van der Waals surface area contributed by atoms with E-state index in [2.05, 4.69) is 11.0 Å². The molecular weight excluding hydrogens is 539 g/mol. The summed E-state index contributed by atoms with van der Waals surface area (Å²) in [5.74, 6) is -2.71. The number of nitrogens with two attached hydrogens (primary N) is 1. The van der Waals surface area contributed by atoms with Crippen molar-refractivity contribution < 1.29 is 37.8 Å². The number of amides is 2. The van der Waals surface area contributed by atoms with E-state index in [-0.39, 0.29) is 18.4 Å². The Balaban J connectivity index is 0.000000587. The monoisotopic (exact) mass is 577 g/mol. The highest BCUT2D eigenvalue weighted by atomic mass is 19.4. The molecule has 2 amide bonds. The van der Waals surface area contributed by atoms with Crippen molar-refractivity contribution in [3.63, 3.8) is 0 Å². The van der Waals surface area contributed by atoms with Gasteiger partial charge in [0.1, 0.15) is 0 Å². The Hall–Kier alpha value is -3.44. The maximum absolute atomic E-state index is 13.3. The number of piperidine rings is 1. The summed E-state index contributed by atoms with van der Waals surface area (Å²) in [6.45, 7) is 5.48. The number of fused-ring (bicyclic) bond motifs is 2. The summed E-state index contributed by atoms with van der Waals surface area (Å²) < 4.78 is 31.7. The number of hydrogen-bond donors (Lipinski definition) is 3. The largest absolute Gasteiger partial charge is 0.490 e. The number of carbonyl (C=O) groups excluding carboxylic acids is 2. The average molecular weight is 578 g/mol. The Labute approximate surface area is 237 Å². The molecule has 2 aromatic rings. The molecule has 0 aromatic heterocycles. The predicted molar refractivity (Wildman–Crippen MR) is 147 cm³/mol. The van der Waals surface area contributed by atoms with E-state index in [9.17, 15) is 27.9 Å². The van der Waals surface area contributed by atoms with Gasteiger partial charge in [0, 0.05) is 37.3 Å². The molecule has 0 spiro atoms. The second-order valence-corrected chi connectivity index (χ2v) is 11.3. The predicted octanol–water partition coefficient (Wildman–Crippen LogP) is 4.18. The van der Waals surface area contributed by atoms with E-state index in [1.165, 1.54) is 18.4 Å². The van der Waals surface area contributed by atoms with Crippen LogP contribution in [0.5, 0.6) is 0 Å². The van der Waals surface area contributed by atoms with Crippen LogP contribution >= 0.6 is 0 Å². The molecule has 2 aliphatic heterocycles. The first-order valence-corrected chi connectivity index (χ1v) is 13.6. The highest BCUT2D eigenvalue weighted by molar-refractivity contribution is 5.92. The Kier molecular flexibility index (Phi) is 10.5. The summed E-state index contributed by atoms with van der Waals surface area (Å²) in [5, 5.41) is 16.9. The summed E-state index contributed by atoms with van der Waals surface area (Å²) in [5.41, 5.74) is 7.58. The van der Waals surface area contributed by atoms with Crippen LogP contribution in [0, 0.1) is 5.41 Å². The van der Waals surface area contributed by atoms with Gasteiger partial charge in [-0.15, -0.1) is 0 Å². The third kappa shape index (κ3) is 8.53. The number of hydrogen-bond acceptors (Lipinski definition) is 5. The Bertz CT molecular complexity index is 1190. The smallest absolute Gasteiger partial charge is 0.475 e. The average Bonchev–Trinajstić information content (AvgIpc) is 3.17. The van der Waals surface area contributed by atoms with Crippen LogP contribution in [-0.2, 0) is 16.1 Å². The number of carboxylic acids is 1. The quantitative estimate of drug-likeness (QED) is 0.411. The van der Waals surface area contributed by atoms with Crippen molar-refractivity contribution in [1.29, 1.82) is 0 Å². The van der Waals surface area contributed by atoms with Crippen molar-refractivity contribution in [3.05, 3.63) is 71.3 Å². The normalized spacial score (nSPS) is 20.6. The fourth-order valence-corrected chi connectivity index (χ4v) is 5.65. The van der Waals surface area contributed by atoms with Crippen molar-refractivity contribution in [2.24, 2.45) is 11.1 Å². The topological polar surface area (TPSA) is 124 Å². The molecule has 4 N–H and O–H groups in total. The number of aliphatic hydroxyl groups excluding tert-OH is 1. The molecule has 4 rings (SSSR count). The molecule has 2 bridgehead atoms. The Morgan fingerprint density at radius 2 is 1.59 bits per heavy atom. The maximum Gasteiger partial charge on any atom is 0.490 e. The van der Waals surface area contributed by atoms with Gasteiger partial charge in [-0.25, -0.2) is 4.79 Å². The first-order valence-electron chi connectivity index (χ1n) is 13.6. The van der Waals surface area contributed by atoms with Crippen molar-refractivity contribution in [2.45, 2.75) is 70.3 Å². The lowest BCUT2D eigenvalue weighted by Gasteiger charge is -2.41. The lowest BCUT2D eigenvalue weighted by atomic mass is 9.84. The molecule has 0 saturated carbocycles. The van der Waals surface area contributed by atoms with Gasteiger partial charge < -0.3 is 20.8 Å². The van der Waals surface area contributed by atoms with Gasteiger partial charge in [-0.1, -0.05) is 42.5 Å². The van der Waals surface area contributed by atoms with E-state index >= 15 is 0 Å². The highest BCUT2D eigenvalue weighted by Crippen LogP contribution is 2.43. The van der Waals surface area contributed by atoms with Gasteiger partial charge in [0.25, 0.3) is 0 Å². The third-order valence-corrected chi connectivity index (χ3v) is 7.88. The minimum atomic E-state index is -5.08. The molecule has 0 radical (unpaired) electrons. The minimum Gasteiger partial charge on any atom is -0.475 e. The SMILES string of the molecule is CC(C)(CO)C(=O)N(CCN1C2CCC1CC(c1cccc(C(N)=O)c1)C2)Cc1ccccc1.O=C(O)C(F)(F)F. The van der Waals surface area contributed by atoms with Gasteiger partial charge in [0.05, 0.1) is 12.0 Å². The summed E-state index contributed by atoms with van der Waals surface area (Å²) in [4.78, 5) is 38.3. The Morgan fingerprint density at radius 3 is 2.10 bits per heavy atom. The number of nitrogens with zero attached hydrogens (tertiary/aromatic N) is 2. The number of benzene rings is 2. The molecule has 8 nitrogen and oxygen atoms in total. The lowest BCUT2D eigenvalue weighted by molar-refractivity contribution is -0.192. The van der Waals surface area contributed by atoms with Gasteiger partial charge >= 0.3 is 12.1 Å². The number of carbonyl (C=O) groups is 3. The second-order valence-electron chi connectivity index (χ2n) is 11.3. The summed E-state index contributed by atoms with van der Waals surface area (Å²) >= 11 is 0. The first-order chi connectivity index (χ1) is 19.2. The van der Waals surface area contributed by atoms with Crippen molar-refractivity contribution in [3.8, 4) is 0 Å². The van der Waals surface area contributed by atoms with Crippen molar-refractivity contribution in [2.75, 3.05) is 19.7 Å². The number of rotatable bonds is 9. The molecule has 2 saturated heterocycles. The van der Waals surface area contributed by atoms with Crippen molar-refractivity contribution >= 4 is 17.8 Å². The van der Waals surface area contributed by atoms with Crippen LogP contribution in [0.4, 0.5) is 13.2 Å². The number of primary amides is 1. The standard InChI is InChI=1S/C28H37N3O3.C2HF3O2/c1-28(2,19-32)27(34)30(18-20-7-4-3-5-8-20)13-14-31-24-11-12-25(31)17-23(16-24)21-9-6-10-22(15-21)26(29)33;3-2(4,5)1(6)7/h3-10,15,23-25,32H,11-14,16-19H2,1-2H3,(H2,29,33);(H,6,7). The van der Waals surface area contributed by atoms with E-state index in [1.807, 2.05) is 61.2 Å². The van der Waals surface area contributed by atoms with E-state index in [0.717, 1.165) is 24.9 Å². The number of halogens is 3. The van der Waals surface area contributed by atoms with Gasteiger partial charge in [0.2, 0.25) is 11.8 Å². The first kappa shape index (κ1) is 32.1. The molecule has 41 heavy (non-hydrogen) atoms. The zero-order chi connectivity index (χ0) is 30.4. The molecule has 2 heterocycles. The summed E-state index contributed by atoms with van der Waals surface area (Å²) in [6.07, 6.45) is -0.613. The van der Waals surface area contributed by atoms with Crippen LogP contribution in [0.1, 0.15) is 66.9 Å². The van der Waals surface area contributed by atoms with Crippen LogP contribution in [0.25, 0.3) is 0 Å². The zero-order valence-corrected chi connectivity index (χ0v) is 23.3. The van der Waals surface area contributed by atoms with Crippen LogP contribution in [0.15, 0.2) is 54.6 Å². The van der Waals surface area contributed by atoms with E-state index in [1.54, 1.807) is 6.07 Å². The zero-order valence-electron chi connectivity index (χ0n) is 23.3. The van der Waals surface area contributed by atoms with Gasteiger partial charge in [-0.2, -0.15) is 13.2 Å². The molecule has 0 aliphatic carbocycles. The second kappa shape index (κ2) is 13.5. The number of aliphatic hydroxyl groups is 1. The number of carboxylic acid groups (broad SMARTS) is 1. The van der Waals surface area contributed by atoms with Crippen molar-refractivity contribution in [1.82, 2.24) is 9.80 Å². The molecule has 2 aliphatic rings. The molecule has 2 atom stereocenters.